The normalized spacial score (nSPS) is 20.5. The predicted molar refractivity (Wildman–Crippen MR) is 149 cm³/mol. The number of carbonyl (C=O) groups is 1. The third-order valence-corrected chi connectivity index (χ3v) is 7.88. The van der Waals surface area contributed by atoms with Gasteiger partial charge in [0, 0.05) is 38.1 Å². The molecule has 7 rings (SSSR count). The number of aliphatic hydroxyl groups excluding tert-OH is 1. The zero-order chi connectivity index (χ0) is 29.1. The van der Waals surface area contributed by atoms with Crippen LogP contribution < -0.4 is 10.6 Å². The van der Waals surface area contributed by atoms with Crippen molar-refractivity contribution in [2.45, 2.75) is 58.0 Å². The monoisotopic (exact) mass is 576 g/mol. The fourth-order valence-electron chi connectivity index (χ4n) is 5.35. The lowest BCUT2D eigenvalue weighted by molar-refractivity contribution is 0.0933. The molecule has 2 aliphatic heterocycles. The second kappa shape index (κ2) is 10.2. The molecule has 0 bridgehead atoms. The van der Waals surface area contributed by atoms with Crippen LogP contribution in [0.3, 0.4) is 0 Å². The summed E-state index contributed by atoms with van der Waals surface area (Å²) in [7, 11) is 0. The Balaban J connectivity index is 1.17. The molecule has 42 heavy (non-hydrogen) atoms. The molecule has 15 heteroatoms. The van der Waals surface area contributed by atoms with Gasteiger partial charge in [-0.15, -0.1) is 0 Å². The summed E-state index contributed by atoms with van der Waals surface area (Å²) >= 11 is 0. The second-order valence-electron chi connectivity index (χ2n) is 11.2. The van der Waals surface area contributed by atoms with Crippen molar-refractivity contribution in [2.24, 2.45) is 0 Å². The fraction of sp³-hybridized carbons (Fsp3) is 0.519. The molecular weight excluding hydrogens is 544 g/mol. The topological polar surface area (TPSA) is 187 Å². The van der Waals surface area contributed by atoms with E-state index in [1.807, 2.05) is 31.6 Å². The number of hydrogen-bond donors (Lipinski definition) is 2. The highest BCUT2D eigenvalue weighted by molar-refractivity contribution is 6.00. The van der Waals surface area contributed by atoms with Crippen LogP contribution >= 0.6 is 0 Å². The van der Waals surface area contributed by atoms with Gasteiger partial charge in [0.05, 0.1) is 28.5 Å². The molecule has 1 saturated carbocycles. The van der Waals surface area contributed by atoms with Gasteiger partial charge in [-0.3, -0.25) is 0 Å². The Morgan fingerprint density at radius 1 is 1.17 bits per heavy atom. The van der Waals surface area contributed by atoms with E-state index in [1.165, 1.54) is 6.33 Å². The molecule has 220 valence electrons. The van der Waals surface area contributed by atoms with Crippen molar-refractivity contribution in [2.75, 3.05) is 43.4 Å². The van der Waals surface area contributed by atoms with Crippen molar-refractivity contribution >= 4 is 28.6 Å². The number of ether oxygens (including phenoxy) is 2. The average molecular weight is 577 g/mol. The third-order valence-electron chi connectivity index (χ3n) is 7.88. The maximum Gasteiger partial charge on any atom is 0.409 e. The lowest BCUT2D eigenvalue weighted by atomic mass is 10.1. The molecule has 2 unspecified atom stereocenters. The Kier molecular flexibility index (Phi) is 6.42. The molecule has 0 aromatic carbocycles. The Bertz CT molecular complexity index is 1660. The number of aromatic nitrogens is 7. The molecule has 3 N–H and O–H groups in total. The summed E-state index contributed by atoms with van der Waals surface area (Å²) in [5, 5.41) is 19.2. The van der Waals surface area contributed by atoms with Gasteiger partial charge < -0.3 is 34.6 Å². The molecule has 4 aromatic rings. The number of nitrogens with zero attached hydrogens (tertiary/aromatic N) is 9. The highest BCUT2D eigenvalue weighted by atomic mass is 16.7. The number of fused-ring (bicyclic) bond motifs is 1. The minimum atomic E-state index is -0.835. The quantitative estimate of drug-likeness (QED) is 0.305. The average Bonchev–Trinajstić information content (AvgIpc) is 3.86. The van der Waals surface area contributed by atoms with Crippen LogP contribution in [0.4, 0.5) is 16.3 Å². The number of nitrogens with two attached hydrogens (primary N) is 1. The van der Waals surface area contributed by atoms with Crippen LogP contribution in [0.5, 0.6) is 0 Å². The minimum absolute atomic E-state index is 0.0361. The van der Waals surface area contributed by atoms with Gasteiger partial charge in [0.15, 0.2) is 23.5 Å². The van der Waals surface area contributed by atoms with E-state index in [4.69, 9.17) is 34.8 Å². The Morgan fingerprint density at radius 3 is 2.60 bits per heavy atom. The van der Waals surface area contributed by atoms with Gasteiger partial charge in [-0.1, -0.05) is 5.16 Å². The van der Waals surface area contributed by atoms with Crippen LogP contribution in [0.1, 0.15) is 50.1 Å². The van der Waals surface area contributed by atoms with Crippen molar-refractivity contribution in [3.05, 3.63) is 24.0 Å². The first-order valence-electron chi connectivity index (χ1n) is 14.1. The number of epoxide rings is 1. The smallest absolute Gasteiger partial charge is 0.409 e. The Labute approximate surface area is 240 Å². The highest BCUT2D eigenvalue weighted by Gasteiger charge is 2.39. The standard InChI is InChI=1S/C27H32N10O5/c1-13(2)37-25-19(23(28)30-12-31-25)20(33-37)21-18(22(42-34-21)15-4-5-15)24-29-10-16(14(3)32-24)35-6-8-36(9-7-35)27(39)40-11-17-26(38)41-17/h10,12-13,15,17,26,38H,4-9,11H2,1-3H3,(H2,28,30,31). The van der Waals surface area contributed by atoms with E-state index < -0.39 is 18.5 Å². The highest BCUT2D eigenvalue weighted by Crippen LogP contribution is 2.48. The molecule has 0 radical (unpaired) electrons. The van der Waals surface area contributed by atoms with Crippen LogP contribution in [0.25, 0.3) is 33.8 Å². The number of anilines is 2. The molecule has 3 aliphatic rings. The van der Waals surface area contributed by atoms with E-state index in [0.717, 1.165) is 30.0 Å². The summed E-state index contributed by atoms with van der Waals surface area (Å²) in [4.78, 5) is 34.6. The molecule has 15 nitrogen and oxygen atoms in total. The first-order chi connectivity index (χ1) is 20.3. The fourth-order valence-corrected chi connectivity index (χ4v) is 5.35. The summed E-state index contributed by atoms with van der Waals surface area (Å²) in [5.41, 5.74) is 10.4. The lowest BCUT2D eigenvalue weighted by Gasteiger charge is -2.35. The van der Waals surface area contributed by atoms with Crippen molar-refractivity contribution in [1.82, 2.24) is 39.8 Å². The summed E-state index contributed by atoms with van der Waals surface area (Å²) in [6.45, 7) is 8.23. The molecule has 1 amide bonds. The first-order valence-corrected chi connectivity index (χ1v) is 14.1. The van der Waals surface area contributed by atoms with Crippen LogP contribution in [-0.4, -0.2) is 96.2 Å². The summed E-state index contributed by atoms with van der Waals surface area (Å²) in [5.74, 6) is 1.82. The van der Waals surface area contributed by atoms with Gasteiger partial charge in [0.25, 0.3) is 0 Å². The van der Waals surface area contributed by atoms with E-state index in [0.29, 0.717) is 65.8 Å². The number of aliphatic hydroxyl groups is 1. The van der Waals surface area contributed by atoms with Gasteiger partial charge in [-0.05, 0) is 33.6 Å². The van der Waals surface area contributed by atoms with Gasteiger partial charge in [0.2, 0.25) is 0 Å². The SMILES string of the molecule is Cc1nc(-c2c(-c3nn(C(C)C)c4ncnc(N)c34)noc2C2CC2)ncc1N1CCN(C(=O)OCC2OC2O)CC1. The number of piperazine rings is 1. The van der Waals surface area contributed by atoms with E-state index in [1.54, 1.807) is 4.90 Å². The van der Waals surface area contributed by atoms with E-state index in [9.17, 15) is 9.90 Å². The zero-order valence-corrected chi connectivity index (χ0v) is 23.6. The second-order valence-corrected chi connectivity index (χ2v) is 11.2. The largest absolute Gasteiger partial charge is 0.446 e. The van der Waals surface area contributed by atoms with Crippen molar-refractivity contribution < 1.29 is 23.9 Å². The number of rotatable bonds is 7. The molecular formula is C27H32N10O5. The minimum Gasteiger partial charge on any atom is -0.446 e. The van der Waals surface area contributed by atoms with Gasteiger partial charge in [-0.25, -0.2) is 29.4 Å². The molecule has 2 saturated heterocycles. The number of amides is 1. The first kappa shape index (κ1) is 26.5. The van der Waals surface area contributed by atoms with Gasteiger partial charge in [-0.2, -0.15) is 5.10 Å². The van der Waals surface area contributed by atoms with E-state index >= 15 is 0 Å². The van der Waals surface area contributed by atoms with Crippen LogP contribution in [0, 0.1) is 6.92 Å². The molecule has 6 heterocycles. The molecule has 4 aromatic heterocycles. The lowest BCUT2D eigenvalue weighted by Crippen LogP contribution is -2.49. The molecule has 1 aliphatic carbocycles. The Morgan fingerprint density at radius 2 is 1.93 bits per heavy atom. The number of nitrogen functional groups attached to an aromatic ring is 1. The van der Waals surface area contributed by atoms with Gasteiger partial charge in [0.1, 0.15) is 36.2 Å². The number of carbonyl (C=O) groups excluding carboxylic acids is 1. The molecule has 0 spiro atoms. The summed E-state index contributed by atoms with van der Waals surface area (Å²) in [6.07, 6.45) is 3.59. The van der Waals surface area contributed by atoms with Crippen LogP contribution in [0.15, 0.2) is 17.0 Å². The molecule has 3 fully saturated rings. The van der Waals surface area contributed by atoms with Crippen molar-refractivity contribution in [1.29, 1.82) is 0 Å². The summed E-state index contributed by atoms with van der Waals surface area (Å²) < 4.78 is 17.9. The summed E-state index contributed by atoms with van der Waals surface area (Å²) in [6, 6.07) is 0.0361. The number of hydrogen-bond acceptors (Lipinski definition) is 13. The third kappa shape index (κ3) is 4.67. The van der Waals surface area contributed by atoms with Crippen LogP contribution in [0.2, 0.25) is 0 Å². The van der Waals surface area contributed by atoms with E-state index in [2.05, 4.69) is 20.0 Å². The van der Waals surface area contributed by atoms with E-state index in [-0.39, 0.29) is 18.6 Å². The van der Waals surface area contributed by atoms with Crippen LogP contribution in [-0.2, 0) is 9.47 Å². The molecule has 2 atom stereocenters. The zero-order valence-electron chi connectivity index (χ0n) is 23.6. The van der Waals surface area contributed by atoms with Crippen molar-refractivity contribution in [3.63, 3.8) is 0 Å². The maximum atomic E-state index is 12.4. The maximum absolute atomic E-state index is 12.4. The Hall–Kier alpha value is -4.37. The van der Waals surface area contributed by atoms with Gasteiger partial charge >= 0.3 is 6.09 Å². The number of aryl methyl sites for hydroxylation is 1. The predicted octanol–water partition coefficient (Wildman–Crippen LogP) is 2.26. The van der Waals surface area contributed by atoms with Crippen molar-refractivity contribution in [3.8, 4) is 22.8 Å².